The van der Waals surface area contributed by atoms with Gasteiger partial charge in [0.1, 0.15) is 48.6 Å². The molecule has 1 rings (SSSR count). The van der Waals surface area contributed by atoms with Crippen LogP contribution in [0.15, 0.2) is 17.5 Å². The van der Waals surface area contributed by atoms with Gasteiger partial charge in [0.25, 0.3) is 0 Å². The maximum absolute atomic E-state index is 14.4. The van der Waals surface area contributed by atoms with Crippen LogP contribution in [0, 0.1) is 23.7 Å². The number of guanidine groups is 1. The zero-order valence-electron chi connectivity index (χ0n) is 44.1. The monoisotopic (exact) mass is 1020 g/mol. The number of hydrogen-bond donors (Lipinski definition) is 13. The van der Waals surface area contributed by atoms with Crippen molar-refractivity contribution in [3.8, 4) is 0 Å². The zero-order chi connectivity index (χ0) is 54.7. The van der Waals surface area contributed by atoms with E-state index in [0.29, 0.717) is 44.2 Å². The Labute approximate surface area is 424 Å². The summed E-state index contributed by atoms with van der Waals surface area (Å²) >= 11 is 0. The normalized spacial score (nSPS) is 15.5. The van der Waals surface area contributed by atoms with Crippen molar-refractivity contribution in [1.82, 2.24) is 52.5 Å². The van der Waals surface area contributed by atoms with Gasteiger partial charge in [0.2, 0.25) is 47.3 Å². The topological polar surface area (TPSA) is 395 Å². The molecule has 8 amide bonds. The number of aromatic nitrogens is 2. The van der Waals surface area contributed by atoms with Gasteiger partial charge in [-0.05, 0) is 89.0 Å². The van der Waals surface area contributed by atoms with Crippen molar-refractivity contribution in [3.63, 3.8) is 0 Å². The van der Waals surface area contributed by atoms with Crippen molar-refractivity contribution < 1.29 is 43.2 Å². The van der Waals surface area contributed by atoms with Crippen LogP contribution in [0.1, 0.15) is 133 Å². The third-order valence-electron chi connectivity index (χ3n) is 11.6. The number of hydrogen-bond acceptors (Lipinski definition) is 13. The number of nitrogens with one attached hydrogen (secondary N) is 9. The van der Waals surface area contributed by atoms with Gasteiger partial charge in [-0.2, -0.15) is 0 Å². The number of nitrogens with zero attached hydrogens (tertiary/aromatic N) is 2. The number of amides is 8. The number of aromatic amines is 1. The van der Waals surface area contributed by atoms with Crippen LogP contribution >= 0.6 is 0 Å². The summed E-state index contributed by atoms with van der Waals surface area (Å²) in [6, 6.07) is -9.90. The lowest BCUT2D eigenvalue weighted by molar-refractivity contribution is -0.136. The largest absolute Gasteiger partial charge is 0.370 e. The second kappa shape index (κ2) is 33.5. The molecular formula is C48H87N15O9. The molecule has 17 N–H and O–H groups in total. The van der Waals surface area contributed by atoms with Gasteiger partial charge in [-0.1, -0.05) is 68.2 Å². The van der Waals surface area contributed by atoms with E-state index in [9.17, 15) is 43.2 Å². The van der Waals surface area contributed by atoms with Gasteiger partial charge in [-0.3, -0.25) is 43.3 Å². The molecule has 0 unspecified atom stereocenters. The van der Waals surface area contributed by atoms with E-state index >= 15 is 0 Å². The number of carbonyl (C=O) groups is 9. The molecule has 0 spiro atoms. The zero-order valence-corrected chi connectivity index (χ0v) is 44.1. The summed E-state index contributed by atoms with van der Waals surface area (Å²) < 4.78 is 0. The number of rotatable bonds is 35. The first-order valence-corrected chi connectivity index (χ1v) is 25.2. The lowest BCUT2D eigenvalue weighted by Gasteiger charge is -2.29. The Hall–Kier alpha value is -6.17. The molecule has 0 aliphatic rings. The van der Waals surface area contributed by atoms with Gasteiger partial charge in [-0.25, -0.2) is 4.98 Å². The van der Waals surface area contributed by atoms with Crippen LogP contribution in [-0.4, -0.2) is 137 Å². The number of carbonyl (C=O) groups excluding carboxylic acids is 9. The summed E-state index contributed by atoms with van der Waals surface area (Å²) in [7, 11) is 0. The minimum Gasteiger partial charge on any atom is -0.370 e. The van der Waals surface area contributed by atoms with Gasteiger partial charge in [0.05, 0.1) is 18.4 Å². The average Bonchev–Trinajstić information content (AvgIpc) is 3.82. The van der Waals surface area contributed by atoms with E-state index in [2.05, 4.69) is 57.5 Å². The maximum atomic E-state index is 14.4. The number of H-pyrrole nitrogens is 1. The molecule has 0 fully saturated rings. The highest BCUT2D eigenvalue weighted by molar-refractivity contribution is 5.98. The van der Waals surface area contributed by atoms with Crippen LogP contribution < -0.4 is 65.5 Å². The molecule has 0 aromatic carbocycles. The second-order valence-corrected chi connectivity index (χ2v) is 19.9. The highest BCUT2D eigenvalue weighted by Gasteiger charge is 2.36. The molecule has 72 heavy (non-hydrogen) atoms. The lowest BCUT2D eigenvalue weighted by Crippen LogP contribution is -2.61. The molecular weight excluding hydrogens is 931 g/mol. The highest BCUT2D eigenvalue weighted by atomic mass is 16.2. The average molecular weight is 1020 g/mol. The Morgan fingerprint density at radius 2 is 1.10 bits per heavy atom. The molecule has 0 saturated heterocycles. The molecule has 408 valence electrons. The molecule has 0 saturated carbocycles. The Morgan fingerprint density at radius 3 is 1.57 bits per heavy atom. The molecule has 0 aliphatic carbocycles. The van der Waals surface area contributed by atoms with Crippen molar-refractivity contribution >= 4 is 59.5 Å². The van der Waals surface area contributed by atoms with E-state index in [0.717, 1.165) is 0 Å². The molecule has 10 atom stereocenters. The number of aliphatic imine (C=N–C) groups is 1. The Morgan fingerprint density at radius 1 is 0.611 bits per heavy atom. The number of aldehydes is 1. The molecule has 0 bridgehead atoms. The van der Waals surface area contributed by atoms with E-state index in [4.69, 9.17) is 22.9 Å². The molecule has 1 aromatic rings. The highest BCUT2D eigenvalue weighted by Crippen LogP contribution is 2.14. The lowest BCUT2D eigenvalue weighted by atomic mass is 9.96. The van der Waals surface area contributed by atoms with E-state index in [1.54, 1.807) is 6.92 Å². The molecule has 24 heteroatoms. The molecule has 0 aliphatic heterocycles. The Balaban J connectivity index is 3.56. The van der Waals surface area contributed by atoms with E-state index in [1.165, 1.54) is 26.4 Å². The standard InChI is InChI=1S/C48H87N15O9/c1-11-29(8)39(63-41(66)33(50)15-12-13-17-49)47(72)62-37(21-28(6)7)45(70)61-38(22-32-23-53-25-55-32)46(71)58-34(16-14-18-54-48(51)52)42(67)59-36(20-27(4)5)44(69)60-35(19-26(2)3)43(68)57-31(10)40(65)56-30(9)24-64/h23-31,33-39H,11-22,49-50H2,1-10H3,(H,53,55)(H,56,65)(H,57,68)(H,58,71)(H,59,67)(H,60,69)(H,61,70)(H,62,72)(H,63,66)(H4,51,52,54)/t29-,30-,31-,33-,34-,35-,36-,37-,38-,39-/m0/s1. The first-order valence-electron chi connectivity index (χ1n) is 25.2. The summed E-state index contributed by atoms with van der Waals surface area (Å²) in [5.41, 5.74) is 23.3. The van der Waals surface area contributed by atoms with Crippen LogP contribution in [0.2, 0.25) is 0 Å². The Bertz CT molecular complexity index is 1910. The molecule has 24 nitrogen and oxygen atoms in total. The Kier molecular flexibility index (Phi) is 29.7. The van der Waals surface area contributed by atoms with Crippen molar-refractivity contribution in [2.24, 2.45) is 51.6 Å². The fourth-order valence-corrected chi connectivity index (χ4v) is 7.42. The summed E-state index contributed by atoms with van der Waals surface area (Å²) in [5, 5.41) is 21.6. The van der Waals surface area contributed by atoms with Crippen LogP contribution in [0.4, 0.5) is 0 Å². The summed E-state index contributed by atoms with van der Waals surface area (Å²) in [4.78, 5) is 132. The summed E-state index contributed by atoms with van der Waals surface area (Å²) in [5.74, 6) is -6.24. The SMILES string of the molecule is CC[C@H](C)[C@H](NC(=O)[C@@H](N)CCCCN)C(=O)N[C@@H](CC(C)C)C(=O)N[C@@H](Cc1cnc[nH]1)C(=O)N[C@@H](CCCN=C(N)N)C(=O)N[C@@H](CC(C)C)C(=O)N[C@@H](CC(C)C)C(=O)N[C@@H](C)C(=O)N[C@@H](C)C=O. The second-order valence-electron chi connectivity index (χ2n) is 19.9. The molecule has 1 aromatic heterocycles. The van der Waals surface area contributed by atoms with Gasteiger partial charge < -0.3 is 75.2 Å². The van der Waals surface area contributed by atoms with Crippen LogP contribution in [0.5, 0.6) is 0 Å². The molecule has 0 radical (unpaired) electrons. The van der Waals surface area contributed by atoms with Crippen molar-refractivity contribution in [2.75, 3.05) is 13.1 Å². The quantitative estimate of drug-likeness (QED) is 0.0164. The maximum Gasteiger partial charge on any atom is 0.243 e. The molecule has 1 heterocycles. The van der Waals surface area contributed by atoms with Gasteiger partial charge in [-0.15, -0.1) is 0 Å². The first kappa shape index (κ1) is 63.8. The van der Waals surface area contributed by atoms with Crippen molar-refractivity contribution in [3.05, 3.63) is 18.2 Å². The van der Waals surface area contributed by atoms with Crippen LogP contribution in [0.3, 0.4) is 0 Å². The van der Waals surface area contributed by atoms with Gasteiger partial charge >= 0.3 is 0 Å². The van der Waals surface area contributed by atoms with Crippen molar-refractivity contribution in [1.29, 1.82) is 0 Å². The van der Waals surface area contributed by atoms with E-state index in [-0.39, 0.29) is 74.7 Å². The number of imidazole rings is 1. The van der Waals surface area contributed by atoms with Crippen LogP contribution in [0.25, 0.3) is 0 Å². The number of unbranched alkanes of at least 4 members (excludes halogenated alkanes) is 1. The van der Waals surface area contributed by atoms with Crippen LogP contribution in [-0.2, 0) is 49.6 Å². The summed E-state index contributed by atoms with van der Waals surface area (Å²) in [6.07, 6.45) is 6.09. The smallest absolute Gasteiger partial charge is 0.243 e. The predicted octanol–water partition coefficient (Wildman–Crippen LogP) is -1.24. The van der Waals surface area contributed by atoms with Crippen molar-refractivity contribution in [2.45, 2.75) is 188 Å². The number of nitrogens with two attached hydrogens (primary N) is 4. The van der Waals surface area contributed by atoms with Gasteiger partial charge in [0, 0.05) is 24.9 Å². The third kappa shape index (κ3) is 24.8. The minimum absolute atomic E-state index is 0.0262. The fraction of sp³-hybridized carbons (Fsp3) is 0.729. The van der Waals surface area contributed by atoms with Gasteiger partial charge in [0.15, 0.2) is 5.96 Å². The third-order valence-corrected chi connectivity index (χ3v) is 11.6. The van der Waals surface area contributed by atoms with E-state index < -0.39 is 102 Å². The fourth-order valence-electron chi connectivity index (χ4n) is 7.42. The van der Waals surface area contributed by atoms with E-state index in [1.807, 2.05) is 48.5 Å². The first-order chi connectivity index (χ1) is 33.8. The summed E-state index contributed by atoms with van der Waals surface area (Å²) in [6.45, 7) is 18.2. The predicted molar refractivity (Wildman–Crippen MR) is 274 cm³/mol. The minimum atomic E-state index is -1.34.